The van der Waals surface area contributed by atoms with Gasteiger partial charge in [-0.25, -0.2) is 4.79 Å². The molecule has 3 N–H and O–H groups in total. The number of ketones is 1. The smallest absolute Gasteiger partial charge is 0.326 e. The van der Waals surface area contributed by atoms with Crippen molar-refractivity contribution in [1.82, 2.24) is 5.32 Å². The van der Waals surface area contributed by atoms with Crippen LogP contribution in [0.2, 0.25) is 0 Å². The summed E-state index contributed by atoms with van der Waals surface area (Å²) in [7, 11) is 0. The van der Waals surface area contributed by atoms with E-state index in [1.54, 1.807) is 60.7 Å². The molecule has 1 unspecified atom stereocenters. The van der Waals surface area contributed by atoms with E-state index in [2.05, 4.69) is 10.6 Å². The predicted octanol–water partition coefficient (Wildman–Crippen LogP) is 6.35. The second kappa shape index (κ2) is 15.2. The molecule has 5 aromatic rings. The zero-order chi connectivity index (χ0) is 31.4. The summed E-state index contributed by atoms with van der Waals surface area (Å²) in [6.45, 7) is 0.593. The molecule has 0 spiro atoms. The molecule has 0 saturated heterocycles. The van der Waals surface area contributed by atoms with E-state index < -0.39 is 17.9 Å². The van der Waals surface area contributed by atoms with Gasteiger partial charge in [-0.1, -0.05) is 115 Å². The van der Waals surface area contributed by atoms with Gasteiger partial charge in [-0.05, 0) is 41.0 Å². The number of para-hydroxylation sites is 1. The molecular weight excluding hydrogens is 564 g/mol. The van der Waals surface area contributed by atoms with Crippen LogP contribution in [0.5, 0.6) is 5.75 Å². The molecule has 0 aromatic heterocycles. The first kappa shape index (κ1) is 30.8. The lowest BCUT2D eigenvalue weighted by atomic mass is 9.90. The summed E-state index contributed by atoms with van der Waals surface area (Å²) in [4.78, 5) is 38.5. The average molecular weight is 599 g/mol. The summed E-state index contributed by atoms with van der Waals surface area (Å²) in [5, 5.41) is 16.0. The van der Waals surface area contributed by atoms with Gasteiger partial charge in [-0.15, -0.1) is 0 Å². The van der Waals surface area contributed by atoms with E-state index in [-0.39, 0.29) is 24.7 Å². The van der Waals surface area contributed by atoms with Crippen LogP contribution in [-0.2, 0) is 16.0 Å². The zero-order valence-electron chi connectivity index (χ0n) is 24.6. The normalized spacial score (nSPS) is 11.4. The quantitative estimate of drug-likeness (QED) is 0.102. The molecule has 1 amide bonds. The van der Waals surface area contributed by atoms with Gasteiger partial charge in [-0.3, -0.25) is 9.59 Å². The monoisotopic (exact) mass is 598 g/mol. The third-order valence-corrected chi connectivity index (χ3v) is 7.40. The van der Waals surface area contributed by atoms with Crippen LogP contribution in [-0.4, -0.2) is 42.0 Å². The zero-order valence-corrected chi connectivity index (χ0v) is 24.6. The Morgan fingerprint density at radius 3 is 1.82 bits per heavy atom. The summed E-state index contributed by atoms with van der Waals surface area (Å²) in [5.74, 6) is -1.14. The number of rotatable bonds is 14. The van der Waals surface area contributed by atoms with Crippen molar-refractivity contribution in [2.75, 3.05) is 18.5 Å². The van der Waals surface area contributed by atoms with Crippen LogP contribution < -0.4 is 15.4 Å². The van der Waals surface area contributed by atoms with Crippen molar-refractivity contribution in [3.05, 3.63) is 167 Å². The van der Waals surface area contributed by atoms with Gasteiger partial charge in [0.15, 0.2) is 5.78 Å². The number of nitrogens with one attached hydrogen (secondary N) is 2. The van der Waals surface area contributed by atoms with Crippen molar-refractivity contribution in [2.24, 2.45) is 0 Å². The van der Waals surface area contributed by atoms with Crippen LogP contribution in [0.25, 0.3) is 0 Å². The number of carbonyl (C=O) groups is 3. The van der Waals surface area contributed by atoms with E-state index in [0.717, 1.165) is 16.7 Å². The molecule has 0 saturated carbocycles. The van der Waals surface area contributed by atoms with E-state index in [1.807, 2.05) is 78.9 Å². The Kier molecular flexibility index (Phi) is 10.4. The van der Waals surface area contributed by atoms with E-state index in [9.17, 15) is 19.5 Å². The van der Waals surface area contributed by atoms with Crippen LogP contribution in [0.4, 0.5) is 5.69 Å². The molecule has 0 radical (unpaired) electrons. The van der Waals surface area contributed by atoms with Gasteiger partial charge in [0.05, 0.1) is 12.5 Å². The van der Waals surface area contributed by atoms with Gasteiger partial charge >= 0.3 is 5.97 Å². The maximum atomic E-state index is 13.2. The van der Waals surface area contributed by atoms with Crippen molar-refractivity contribution in [3.63, 3.8) is 0 Å². The minimum atomic E-state index is -1.03. The number of hydrogen-bond donors (Lipinski definition) is 3. The Balaban J connectivity index is 1.16. The van der Waals surface area contributed by atoms with Crippen LogP contribution in [0.3, 0.4) is 0 Å². The molecule has 0 aliphatic carbocycles. The standard InChI is InChI=1S/C38H34N2O5/c41-36(30-16-8-3-9-17-30)32-18-10-11-19-33(32)40-34(38(43)44)26-27-20-22-31(23-21-27)45-25-24-39-37(42)35(28-12-4-1-5-13-28)29-14-6-2-7-15-29/h1-23,34-35,40H,24-26H2,(H,39,42)(H,43,44). The number of carboxylic acid groups (broad SMARTS) is 1. The number of carbonyl (C=O) groups excluding carboxylic acids is 2. The number of amides is 1. The lowest BCUT2D eigenvalue weighted by molar-refractivity contribution is -0.137. The molecule has 45 heavy (non-hydrogen) atoms. The molecule has 7 heteroatoms. The minimum absolute atomic E-state index is 0.106. The van der Waals surface area contributed by atoms with E-state index >= 15 is 0 Å². The van der Waals surface area contributed by atoms with Crippen LogP contribution in [0.1, 0.15) is 38.5 Å². The minimum Gasteiger partial charge on any atom is -0.492 e. The molecule has 5 aromatic carbocycles. The van der Waals surface area contributed by atoms with Gasteiger partial charge in [0, 0.05) is 23.2 Å². The Hall–Kier alpha value is -5.69. The van der Waals surface area contributed by atoms with Gasteiger partial charge in [-0.2, -0.15) is 0 Å². The lowest BCUT2D eigenvalue weighted by Gasteiger charge is -2.19. The molecule has 226 valence electrons. The maximum Gasteiger partial charge on any atom is 0.326 e. The fourth-order valence-corrected chi connectivity index (χ4v) is 5.13. The molecule has 0 fully saturated rings. The Bertz CT molecular complexity index is 1670. The van der Waals surface area contributed by atoms with Crippen LogP contribution in [0, 0.1) is 0 Å². The van der Waals surface area contributed by atoms with Crippen molar-refractivity contribution in [1.29, 1.82) is 0 Å². The molecular formula is C38H34N2O5. The third kappa shape index (κ3) is 8.24. The highest BCUT2D eigenvalue weighted by atomic mass is 16.5. The molecule has 0 aliphatic heterocycles. The number of benzene rings is 5. The number of hydrogen-bond acceptors (Lipinski definition) is 5. The second-order valence-corrected chi connectivity index (χ2v) is 10.5. The van der Waals surface area contributed by atoms with Gasteiger partial charge in [0.25, 0.3) is 0 Å². The van der Waals surface area contributed by atoms with Crippen molar-refractivity contribution in [2.45, 2.75) is 18.4 Å². The van der Waals surface area contributed by atoms with Crippen molar-refractivity contribution >= 4 is 23.3 Å². The summed E-state index contributed by atoms with van der Waals surface area (Å²) < 4.78 is 5.85. The Morgan fingerprint density at radius 2 is 1.22 bits per heavy atom. The maximum absolute atomic E-state index is 13.2. The molecule has 0 heterocycles. The second-order valence-electron chi connectivity index (χ2n) is 10.5. The number of ether oxygens (including phenoxy) is 1. The first-order valence-electron chi connectivity index (χ1n) is 14.8. The first-order valence-corrected chi connectivity index (χ1v) is 14.8. The third-order valence-electron chi connectivity index (χ3n) is 7.40. The average Bonchev–Trinajstić information content (AvgIpc) is 3.08. The summed E-state index contributed by atoms with van der Waals surface area (Å²) in [6.07, 6.45) is 0.194. The SMILES string of the molecule is O=C(c1ccccc1)c1ccccc1NC(Cc1ccc(OCCNC(=O)C(c2ccccc2)c2ccccc2)cc1)C(=O)O. The van der Waals surface area contributed by atoms with Crippen LogP contribution >= 0.6 is 0 Å². The van der Waals surface area contributed by atoms with E-state index in [4.69, 9.17) is 4.74 Å². The molecule has 0 aliphatic rings. The van der Waals surface area contributed by atoms with Crippen molar-refractivity contribution in [3.8, 4) is 5.75 Å². The fraction of sp³-hybridized carbons (Fsp3) is 0.132. The van der Waals surface area contributed by atoms with Gasteiger partial charge in [0.1, 0.15) is 18.4 Å². The highest BCUT2D eigenvalue weighted by molar-refractivity contribution is 6.12. The molecule has 1 atom stereocenters. The number of carboxylic acids is 1. The predicted molar refractivity (Wildman–Crippen MR) is 175 cm³/mol. The topological polar surface area (TPSA) is 105 Å². The summed E-state index contributed by atoms with van der Waals surface area (Å²) in [5.41, 5.74) is 4.01. The van der Waals surface area contributed by atoms with E-state index in [1.165, 1.54) is 0 Å². The highest BCUT2D eigenvalue weighted by Gasteiger charge is 2.23. The van der Waals surface area contributed by atoms with Crippen molar-refractivity contribution < 1.29 is 24.2 Å². The van der Waals surface area contributed by atoms with E-state index in [0.29, 0.717) is 29.1 Å². The molecule has 0 bridgehead atoms. The highest BCUT2D eigenvalue weighted by Crippen LogP contribution is 2.25. The largest absolute Gasteiger partial charge is 0.492 e. The first-order chi connectivity index (χ1) is 22.0. The van der Waals surface area contributed by atoms with Gasteiger partial charge in [0.2, 0.25) is 5.91 Å². The summed E-state index contributed by atoms with van der Waals surface area (Å²) in [6, 6.07) is 41.4. The molecule has 7 nitrogen and oxygen atoms in total. The summed E-state index contributed by atoms with van der Waals surface area (Å²) >= 11 is 0. The Labute approximate surface area is 262 Å². The fourth-order valence-electron chi connectivity index (χ4n) is 5.13. The number of anilines is 1. The van der Waals surface area contributed by atoms with Crippen LogP contribution in [0.15, 0.2) is 140 Å². The van der Waals surface area contributed by atoms with Gasteiger partial charge < -0.3 is 20.5 Å². The lowest BCUT2D eigenvalue weighted by Crippen LogP contribution is -2.33. The Morgan fingerprint density at radius 1 is 0.667 bits per heavy atom. The number of aliphatic carboxylic acids is 1. The molecule has 5 rings (SSSR count).